The maximum atomic E-state index is 13.1. The number of nitrogens with zero attached hydrogens (tertiary/aromatic N) is 2. The summed E-state index contributed by atoms with van der Waals surface area (Å²) < 4.78 is 26.1. The number of rotatable bonds is 2. The van der Waals surface area contributed by atoms with Gasteiger partial charge in [0.25, 0.3) is 0 Å². The van der Waals surface area contributed by atoms with Gasteiger partial charge in [0.05, 0.1) is 23.6 Å². The summed E-state index contributed by atoms with van der Waals surface area (Å²) in [5.74, 6) is -2.77. The van der Waals surface area contributed by atoms with Crippen molar-refractivity contribution >= 4 is 5.78 Å². The highest BCUT2D eigenvalue weighted by atomic mass is 19.1. The molecular weight excluding hydrogens is 202 g/mol. The van der Waals surface area contributed by atoms with E-state index < -0.39 is 35.0 Å². The topological polar surface area (TPSA) is 64.7 Å². The van der Waals surface area contributed by atoms with Crippen LogP contribution in [0.2, 0.25) is 0 Å². The van der Waals surface area contributed by atoms with Crippen molar-refractivity contribution in [3.63, 3.8) is 0 Å². The molecule has 0 aliphatic carbocycles. The zero-order valence-electron chi connectivity index (χ0n) is 7.42. The summed E-state index contributed by atoms with van der Waals surface area (Å²) >= 11 is 0. The average molecular weight is 206 g/mol. The molecule has 0 saturated heterocycles. The maximum Gasteiger partial charge on any atom is 0.179 e. The fraction of sp³-hybridized carbons (Fsp3) is 0.100. The average Bonchev–Trinajstić information content (AvgIpc) is 2.21. The van der Waals surface area contributed by atoms with E-state index in [1.807, 2.05) is 0 Å². The van der Waals surface area contributed by atoms with Gasteiger partial charge < -0.3 is 0 Å². The molecule has 3 nitrogen and oxygen atoms in total. The van der Waals surface area contributed by atoms with Gasteiger partial charge in [-0.15, -0.1) is 0 Å². The zero-order chi connectivity index (χ0) is 11.4. The molecule has 0 spiro atoms. The van der Waals surface area contributed by atoms with E-state index in [1.54, 1.807) is 0 Å². The Labute approximate surface area is 84.2 Å². The molecule has 1 aromatic rings. The quantitative estimate of drug-likeness (QED) is 0.694. The molecule has 15 heavy (non-hydrogen) atoms. The van der Waals surface area contributed by atoms with E-state index in [2.05, 4.69) is 0 Å². The first-order chi connectivity index (χ1) is 7.10. The van der Waals surface area contributed by atoms with Crippen molar-refractivity contribution in [2.24, 2.45) is 0 Å². The molecule has 5 heteroatoms. The molecule has 0 radical (unpaired) electrons. The monoisotopic (exact) mass is 206 g/mol. The second-order valence-corrected chi connectivity index (χ2v) is 2.68. The number of hydrogen-bond donors (Lipinski definition) is 0. The first kappa shape index (κ1) is 10.8. The Morgan fingerprint density at radius 2 is 1.93 bits per heavy atom. The molecule has 1 rings (SSSR count). The minimum absolute atomic E-state index is 0.471. The molecule has 0 unspecified atom stereocenters. The van der Waals surface area contributed by atoms with Gasteiger partial charge in [0, 0.05) is 0 Å². The molecule has 0 fully saturated rings. The standard InChI is InChI=1S/C10H4F2N2O/c11-8-4-7(10(15)1-2-13)9(12)3-6(8)5-14/h3-4H,1H2. The summed E-state index contributed by atoms with van der Waals surface area (Å²) in [7, 11) is 0. The minimum Gasteiger partial charge on any atom is -0.293 e. The molecule has 0 aromatic heterocycles. The number of benzene rings is 1. The van der Waals surface area contributed by atoms with Gasteiger partial charge in [0.2, 0.25) is 0 Å². The molecule has 0 aliphatic heterocycles. The van der Waals surface area contributed by atoms with Crippen LogP contribution in [0.25, 0.3) is 0 Å². The SMILES string of the molecule is N#CCC(=O)c1cc(F)c(C#N)cc1F. The van der Waals surface area contributed by atoms with Crippen molar-refractivity contribution in [1.82, 2.24) is 0 Å². The maximum absolute atomic E-state index is 13.1. The summed E-state index contributed by atoms with van der Waals surface area (Å²) in [4.78, 5) is 11.1. The molecule has 0 aliphatic rings. The molecule has 0 heterocycles. The fourth-order valence-electron chi connectivity index (χ4n) is 1.01. The lowest BCUT2D eigenvalue weighted by molar-refractivity contribution is 0.0993. The number of hydrogen-bond acceptors (Lipinski definition) is 3. The van der Waals surface area contributed by atoms with E-state index in [0.717, 1.165) is 0 Å². The number of nitriles is 2. The third-order valence-electron chi connectivity index (χ3n) is 1.72. The van der Waals surface area contributed by atoms with Crippen molar-refractivity contribution in [2.75, 3.05) is 0 Å². The van der Waals surface area contributed by atoms with Crippen molar-refractivity contribution < 1.29 is 13.6 Å². The summed E-state index contributed by atoms with van der Waals surface area (Å²) in [5.41, 5.74) is -0.978. The van der Waals surface area contributed by atoms with E-state index in [9.17, 15) is 13.6 Å². The van der Waals surface area contributed by atoms with Crippen molar-refractivity contribution in [2.45, 2.75) is 6.42 Å². The highest BCUT2D eigenvalue weighted by Gasteiger charge is 2.15. The third kappa shape index (κ3) is 2.15. The predicted molar refractivity (Wildman–Crippen MR) is 45.6 cm³/mol. The third-order valence-corrected chi connectivity index (χ3v) is 1.72. The highest BCUT2D eigenvalue weighted by molar-refractivity contribution is 5.97. The van der Waals surface area contributed by atoms with Crippen LogP contribution in [0.4, 0.5) is 8.78 Å². The number of carbonyl (C=O) groups is 1. The van der Waals surface area contributed by atoms with Crippen molar-refractivity contribution in [3.05, 3.63) is 34.9 Å². The van der Waals surface area contributed by atoms with Gasteiger partial charge in [-0.3, -0.25) is 4.79 Å². The second kappa shape index (κ2) is 4.30. The van der Waals surface area contributed by atoms with E-state index in [4.69, 9.17) is 10.5 Å². The Hall–Kier alpha value is -2.27. The van der Waals surface area contributed by atoms with Gasteiger partial charge in [-0.2, -0.15) is 10.5 Å². The smallest absolute Gasteiger partial charge is 0.179 e. The minimum atomic E-state index is -0.992. The zero-order valence-corrected chi connectivity index (χ0v) is 7.42. The molecule has 0 N–H and O–H groups in total. The van der Waals surface area contributed by atoms with Crippen LogP contribution in [0.5, 0.6) is 0 Å². The van der Waals surface area contributed by atoms with Gasteiger partial charge in [0.15, 0.2) is 5.78 Å². The van der Waals surface area contributed by atoms with Gasteiger partial charge in [-0.05, 0) is 12.1 Å². The summed E-state index contributed by atoms with van der Waals surface area (Å²) in [6, 6.07) is 4.25. The van der Waals surface area contributed by atoms with Gasteiger partial charge in [-0.1, -0.05) is 0 Å². The number of carbonyl (C=O) groups excluding carboxylic acids is 1. The molecule has 1 aromatic carbocycles. The number of Topliss-reactive ketones (excluding diaryl/α,β-unsaturated/α-hetero) is 1. The molecule has 74 valence electrons. The molecule has 0 amide bonds. The second-order valence-electron chi connectivity index (χ2n) is 2.68. The Kier molecular flexibility index (Phi) is 3.10. The van der Waals surface area contributed by atoms with Gasteiger partial charge >= 0.3 is 0 Å². The first-order valence-electron chi connectivity index (χ1n) is 3.89. The number of ketones is 1. The number of halogens is 2. The van der Waals surface area contributed by atoms with E-state index in [1.165, 1.54) is 12.1 Å². The van der Waals surface area contributed by atoms with E-state index in [-0.39, 0.29) is 0 Å². The Balaban J connectivity index is 3.24. The first-order valence-corrected chi connectivity index (χ1v) is 3.89. The molecule has 0 atom stereocenters. The lowest BCUT2D eigenvalue weighted by Gasteiger charge is -2.00. The predicted octanol–water partition coefficient (Wildman–Crippen LogP) is 1.93. The summed E-state index contributed by atoms with van der Waals surface area (Å²) in [5, 5.41) is 16.6. The van der Waals surface area contributed by atoms with Gasteiger partial charge in [0.1, 0.15) is 17.7 Å². The fourth-order valence-corrected chi connectivity index (χ4v) is 1.01. The van der Waals surface area contributed by atoms with Crippen LogP contribution >= 0.6 is 0 Å². The van der Waals surface area contributed by atoms with E-state index >= 15 is 0 Å². The van der Waals surface area contributed by atoms with Crippen LogP contribution < -0.4 is 0 Å². The highest BCUT2D eigenvalue weighted by Crippen LogP contribution is 2.15. The molecule has 0 saturated carbocycles. The van der Waals surface area contributed by atoms with Crippen LogP contribution in [0.15, 0.2) is 12.1 Å². The van der Waals surface area contributed by atoms with Crippen LogP contribution in [-0.2, 0) is 0 Å². The van der Waals surface area contributed by atoms with Gasteiger partial charge in [-0.25, -0.2) is 8.78 Å². The largest absolute Gasteiger partial charge is 0.293 e. The summed E-state index contributed by atoms with van der Waals surface area (Å²) in [6.45, 7) is 0. The Bertz CT molecular complexity index is 497. The Morgan fingerprint density at radius 1 is 1.27 bits per heavy atom. The van der Waals surface area contributed by atoms with Crippen molar-refractivity contribution in [3.8, 4) is 12.1 Å². The normalized spacial score (nSPS) is 9.07. The molecular formula is C10H4F2N2O. The summed E-state index contributed by atoms with van der Waals surface area (Å²) in [6.07, 6.45) is -0.526. The Morgan fingerprint density at radius 3 is 2.47 bits per heavy atom. The van der Waals surface area contributed by atoms with E-state index in [0.29, 0.717) is 12.1 Å². The van der Waals surface area contributed by atoms with Crippen LogP contribution in [0.1, 0.15) is 22.3 Å². The van der Waals surface area contributed by atoms with Crippen LogP contribution in [0, 0.1) is 34.3 Å². The van der Waals surface area contributed by atoms with Crippen LogP contribution in [-0.4, -0.2) is 5.78 Å². The lowest BCUT2D eigenvalue weighted by atomic mass is 10.1. The molecule has 0 bridgehead atoms. The van der Waals surface area contributed by atoms with Crippen molar-refractivity contribution in [1.29, 1.82) is 10.5 Å². The van der Waals surface area contributed by atoms with Crippen LogP contribution in [0.3, 0.4) is 0 Å². The lowest BCUT2D eigenvalue weighted by Crippen LogP contribution is -2.03.